The van der Waals surface area contributed by atoms with Crippen LogP contribution in [-0.4, -0.2) is 16.1 Å². The molecule has 0 saturated heterocycles. The van der Waals surface area contributed by atoms with Gasteiger partial charge in [0.2, 0.25) is 11.0 Å². The van der Waals surface area contributed by atoms with Crippen molar-refractivity contribution < 1.29 is 4.79 Å². The number of nitrogens with two attached hydrogens (primary N) is 1. The molecular formula is C12H14N4OS. The third-order valence-electron chi connectivity index (χ3n) is 2.44. The van der Waals surface area contributed by atoms with Crippen molar-refractivity contribution in [1.82, 2.24) is 10.2 Å². The molecule has 6 heteroatoms. The molecule has 0 aliphatic rings. The fourth-order valence-corrected chi connectivity index (χ4v) is 2.12. The number of aryl methyl sites for hydroxylation is 1. The molecule has 3 N–H and O–H groups in total. The smallest absolute Gasteiger partial charge is 0.247 e. The molecule has 94 valence electrons. The lowest BCUT2D eigenvalue weighted by atomic mass is 10.1. The summed E-state index contributed by atoms with van der Waals surface area (Å²) >= 11 is 1.36. The summed E-state index contributed by atoms with van der Waals surface area (Å²) in [5.74, 6) is -0.278. The van der Waals surface area contributed by atoms with Crippen molar-refractivity contribution >= 4 is 22.4 Å². The van der Waals surface area contributed by atoms with Crippen LogP contribution < -0.4 is 11.1 Å². The number of carbonyl (C=O) groups is 1. The molecule has 0 bridgehead atoms. The van der Waals surface area contributed by atoms with Crippen LogP contribution in [0.15, 0.2) is 30.3 Å². The van der Waals surface area contributed by atoms with E-state index in [2.05, 4.69) is 15.5 Å². The number of benzene rings is 1. The molecule has 0 saturated carbocycles. The van der Waals surface area contributed by atoms with E-state index in [0.717, 1.165) is 17.0 Å². The largest absolute Gasteiger partial charge is 0.316 e. The van der Waals surface area contributed by atoms with Gasteiger partial charge < -0.3 is 5.73 Å². The minimum absolute atomic E-state index is 0.278. The lowest BCUT2D eigenvalue weighted by Crippen LogP contribution is -2.27. The van der Waals surface area contributed by atoms with Crippen LogP contribution in [0.1, 0.15) is 23.5 Å². The molecule has 5 nitrogen and oxygen atoms in total. The Labute approximate surface area is 109 Å². The van der Waals surface area contributed by atoms with E-state index < -0.39 is 6.04 Å². The van der Waals surface area contributed by atoms with Crippen molar-refractivity contribution in [2.24, 2.45) is 5.73 Å². The van der Waals surface area contributed by atoms with E-state index in [1.165, 1.54) is 11.3 Å². The molecule has 0 aliphatic carbocycles. The summed E-state index contributed by atoms with van der Waals surface area (Å²) in [5, 5.41) is 11.9. The first-order chi connectivity index (χ1) is 8.70. The number of anilines is 1. The van der Waals surface area contributed by atoms with Crippen LogP contribution in [0.4, 0.5) is 5.13 Å². The summed E-state index contributed by atoms with van der Waals surface area (Å²) in [6.45, 7) is 1.99. The first kappa shape index (κ1) is 12.7. The molecule has 0 radical (unpaired) electrons. The standard InChI is InChI=1S/C12H14N4OS/c1-2-9-15-16-12(18-9)14-11(17)10(13)8-6-4-3-5-7-8/h3-7,10H,2,13H2,1H3,(H,14,16,17)/t10-/m0/s1. The maximum Gasteiger partial charge on any atom is 0.247 e. The zero-order chi connectivity index (χ0) is 13.0. The number of amides is 1. The number of nitrogens with one attached hydrogen (secondary N) is 1. The Hall–Kier alpha value is -1.79. The molecule has 1 aromatic carbocycles. The molecule has 0 aliphatic heterocycles. The van der Waals surface area contributed by atoms with Crippen molar-refractivity contribution in [1.29, 1.82) is 0 Å². The Morgan fingerprint density at radius 3 is 2.72 bits per heavy atom. The summed E-state index contributed by atoms with van der Waals surface area (Å²) in [6, 6.07) is 8.53. The predicted octanol–water partition coefficient (Wildman–Crippen LogP) is 1.74. The number of nitrogens with zero attached hydrogens (tertiary/aromatic N) is 2. The van der Waals surface area contributed by atoms with E-state index in [1.54, 1.807) is 0 Å². The molecule has 1 heterocycles. The van der Waals surface area contributed by atoms with E-state index in [0.29, 0.717) is 5.13 Å². The number of aromatic nitrogens is 2. The first-order valence-electron chi connectivity index (χ1n) is 5.64. The molecule has 2 rings (SSSR count). The van der Waals surface area contributed by atoms with Crippen molar-refractivity contribution in [2.45, 2.75) is 19.4 Å². The molecule has 0 unspecified atom stereocenters. The molecule has 2 aromatic rings. The SMILES string of the molecule is CCc1nnc(NC(=O)[C@@H](N)c2ccccc2)s1. The zero-order valence-corrected chi connectivity index (χ0v) is 10.8. The lowest BCUT2D eigenvalue weighted by Gasteiger charge is -2.10. The molecule has 0 spiro atoms. The zero-order valence-electron chi connectivity index (χ0n) is 9.96. The van der Waals surface area contributed by atoms with Crippen LogP contribution in [-0.2, 0) is 11.2 Å². The fraction of sp³-hybridized carbons (Fsp3) is 0.250. The maximum absolute atomic E-state index is 11.9. The van der Waals surface area contributed by atoms with Gasteiger partial charge in [0.1, 0.15) is 11.0 Å². The van der Waals surface area contributed by atoms with Crippen LogP contribution in [0.2, 0.25) is 0 Å². The van der Waals surface area contributed by atoms with Crippen molar-refractivity contribution in [3.05, 3.63) is 40.9 Å². The van der Waals surface area contributed by atoms with Gasteiger partial charge in [-0.1, -0.05) is 48.6 Å². The van der Waals surface area contributed by atoms with Crippen LogP contribution in [0.5, 0.6) is 0 Å². The van der Waals surface area contributed by atoms with E-state index in [-0.39, 0.29) is 5.91 Å². The quantitative estimate of drug-likeness (QED) is 0.879. The molecule has 1 atom stereocenters. The summed E-state index contributed by atoms with van der Waals surface area (Å²) in [7, 11) is 0. The van der Waals surface area contributed by atoms with E-state index >= 15 is 0 Å². The number of carbonyl (C=O) groups excluding carboxylic acids is 1. The van der Waals surface area contributed by atoms with Crippen LogP contribution in [0, 0.1) is 0 Å². The minimum Gasteiger partial charge on any atom is -0.316 e. The van der Waals surface area contributed by atoms with Gasteiger partial charge in [0.25, 0.3) is 0 Å². The number of hydrogen-bond donors (Lipinski definition) is 2. The highest BCUT2D eigenvalue weighted by atomic mass is 32.1. The second-order valence-corrected chi connectivity index (χ2v) is 4.79. The van der Waals surface area contributed by atoms with Crippen molar-refractivity contribution in [2.75, 3.05) is 5.32 Å². The lowest BCUT2D eigenvalue weighted by molar-refractivity contribution is -0.117. The molecular weight excluding hydrogens is 248 g/mol. The Morgan fingerprint density at radius 1 is 1.39 bits per heavy atom. The van der Waals surface area contributed by atoms with E-state index in [9.17, 15) is 4.79 Å². The molecule has 1 amide bonds. The second-order valence-electron chi connectivity index (χ2n) is 3.73. The molecule has 18 heavy (non-hydrogen) atoms. The molecule has 0 fully saturated rings. The normalized spacial score (nSPS) is 12.1. The van der Waals surface area contributed by atoms with Gasteiger partial charge in [0.05, 0.1) is 0 Å². The summed E-state index contributed by atoms with van der Waals surface area (Å²) < 4.78 is 0. The van der Waals surface area contributed by atoms with Gasteiger partial charge in [-0.2, -0.15) is 0 Å². The van der Waals surface area contributed by atoms with Crippen LogP contribution in [0.3, 0.4) is 0 Å². The van der Waals surface area contributed by atoms with Gasteiger partial charge in [-0.25, -0.2) is 0 Å². The average molecular weight is 262 g/mol. The number of hydrogen-bond acceptors (Lipinski definition) is 5. The third kappa shape index (κ3) is 2.91. The van der Waals surface area contributed by atoms with Crippen LogP contribution >= 0.6 is 11.3 Å². The Bertz CT molecular complexity index is 526. The fourth-order valence-electron chi connectivity index (χ4n) is 1.44. The summed E-state index contributed by atoms with van der Waals surface area (Å²) in [4.78, 5) is 11.9. The highest BCUT2D eigenvalue weighted by Gasteiger charge is 2.17. The summed E-state index contributed by atoms with van der Waals surface area (Å²) in [5.41, 5.74) is 6.64. The minimum atomic E-state index is -0.694. The van der Waals surface area contributed by atoms with Gasteiger partial charge in [0.15, 0.2) is 0 Å². The van der Waals surface area contributed by atoms with E-state index in [4.69, 9.17) is 5.73 Å². The third-order valence-corrected chi connectivity index (χ3v) is 3.42. The Kier molecular flexibility index (Phi) is 4.01. The van der Waals surface area contributed by atoms with Crippen molar-refractivity contribution in [3.63, 3.8) is 0 Å². The first-order valence-corrected chi connectivity index (χ1v) is 6.46. The summed E-state index contributed by atoms with van der Waals surface area (Å²) in [6.07, 6.45) is 0.804. The van der Waals surface area contributed by atoms with Crippen molar-refractivity contribution in [3.8, 4) is 0 Å². The maximum atomic E-state index is 11.9. The van der Waals surface area contributed by atoms with E-state index in [1.807, 2.05) is 37.3 Å². The monoisotopic (exact) mass is 262 g/mol. The predicted molar refractivity (Wildman–Crippen MR) is 71.3 cm³/mol. The van der Waals surface area contributed by atoms with Gasteiger partial charge in [-0.15, -0.1) is 10.2 Å². The van der Waals surface area contributed by atoms with Gasteiger partial charge in [-0.05, 0) is 12.0 Å². The van der Waals surface area contributed by atoms with Gasteiger partial charge in [-0.3, -0.25) is 10.1 Å². The van der Waals surface area contributed by atoms with Gasteiger partial charge in [0, 0.05) is 0 Å². The van der Waals surface area contributed by atoms with Gasteiger partial charge >= 0.3 is 0 Å². The topological polar surface area (TPSA) is 80.9 Å². The van der Waals surface area contributed by atoms with Crippen LogP contribution in [0.25, 0.3) is 0 Å². The Morgan fingerprint density at radius 2 is 2.11 bits per heavy atom. The second kappa shape index (κ2) is 5.70. The average Bonchev–Trinajstić information content (AvgIpc) is 2.86. The number of rotatable bonds is 4. The highest BCUT2D eigenvalue weighted by Crippen LogP contribution is 2.17. The molecule has 1 aromatic heterocycles. The Balaban J connectivity index is 2.04. The highest BCUT2D eigenvalue weighted by molar-refractivity contribution is 7.15.